The number of amides is 1. The zero-order valence-corrected chi connectivity index (χ0v) is 16.2. The third-order valence-corrected chi connectivity index (χ3v) is 4.94. The fourth-order valence-corrected chi connectivity index (χ4v) is 3.53. The highest BCUT2D eigenvalue weighted by Gasteiger charge is 2.23. The summed E-state index contributed by atoms with van der Waals surface area (Å²) in [6, 6.07) is 12.1. The molecule has 3 rings (SSSR count). The van der Waals surface area contributed by atoms with Gasteiger partial charge < -0.3 is 10.2 Å². The van der Waals surface area contributed by atoms with E-state index in [1.54, 1.807) is 6.20 Å². The van der Waals surface area contributed by atoms with Crippen molar-refractivity contribution in [1.82, 2.24) is 9.88 Å². The molecule has 1 aliphatic rings. The van der Waals surface area contributed by atoms with E-state index in [1.807, 2.05) is 23.1 Å². The van der Waals surface area contributed by atoms with E-state index in [1.165, 1.54) is 12.0 Å². The predicted molar refractivity (Wildman–Crippen MR) is 107 cm³/mol. The van der Waals surface area contributed by atoms with Crippen molar-refractivity contribution in [2.24, 2.45) is 5.92 Å². The molecule has 0 spiro atoms. The lowest BCUT2D eigenvalue weighted by Gasteiger charge is -2.30. The number of anilines is 2. The Hall–Kier alpha value is -2.36. The van der Waals surface area contributed by atoms with Gasteiger partial charge in [-0.15, -0.1) is 0 Å². The van der Waals surface area contributed by atoms with Gasteiger partial charge >= 0.3 is 0 Å². The molecule has 1 aliphatic heterocycles. The van der Waals surface area contributed by atoms with E-state index in [4.69, 9.17) is 0 Å². The van der Waals surface area contributed by atoms with E-state index >= 15 is 0 Å². The normalized spacial score (nSPS) is 17.8. The topological polar surface area (TPSA) is 45.2 Å². The van der Waals surface area contributed by atoms with Crippen molar-refractivity contribution in [1.29, 1.82) is 0 Å². The third-order valence-electron chi connectivity index (χ3n) is 4.94. The molecule has 0 radical (unpaired) electrons. The maximum Gasteiger partial charge on any atom is 0.272 e. The van der Waals surface area contributed by atoms with Crippen LogP contribution in [0.15, 0.2) is 42.6 Å². The number of benzene rings is 1. The Kier molecular flexibility index (Phi) is 5.30. The highest BCUT2D eigenvalue weighted by atomic mass is 16.2. The molecular formula is C22H29N3O. The van der Waals surface area contributed by atoms with Crippen LogP contribution in [0.1, 0.15) is 56.6 Å². The van der Waals surface area contributed by atoms with Gasteiger partial charge in [-0.1, -0.05) is 45.9 Å². The summed E-state index contributed by atoms with van der Waals surface area (Å²) in [6.45, 7) is 10.5. The Bertz CT molecular complexity index is 762. The number of nitrogens with one attached hydrogen (secondary N) is 1. The van der Waals surface area contributed by atoms with Crippen molar-refractivity contribution >= 4 is 17.3 Å². The van der Waals surface area contributed by atoms with Crippen molar-refractivity contribution in [2.45, 2.75) is 46.0 Å². The van der Waals surface area contributed by atoms with Gasteiger partial charge in [-0.05, 0) is 47.9 Å². The lowest BCUT2D eigenvalue weighted by Crippen LogP contribution is -2.39. The standard InChI is InChI=1S/C22H29N3O/c1-16-8-7-13-25(15-16)21(26)20-12-11-17(14-23-20)24-19-10-6-5-9-18(19)22(2,3)4/h5-6,9-12,14,16,24H,7-8,13,15H2,1-4H3. The zero-order chi connectivity index (χ0) is 18.7. The van der Waals surface area contributed by atoms with Gasteiger partial charge in [-0.3, -0.25) is 4.79 Å². The lowest BCUT2D eigenvalue weighted by atomic mass is 9.86. The van der Waals surface area contributed by atoms with E-state index in [0.29, 0.717) is 11.6 Å². The number of nitrogens with zero attached hydrogens (tertiary/aromatic N) is 2. The molecule has 138 valence electrons. The molecule has 1 atom stereocenters. The monoisotopic (exact) mass is 351 g/mol. The summed E-state index contributed by atoms with van der Waals surface area (Å²) in [4.78, 5) is 19.0. The Morgan fingerprint density at radius 3 is 2.62 bits per heavy atom. The number of carbonyl (C=O) groups excluding carboxylic acids is 1. The number of carbonyl (C=O) groups is 1. The second-order valence-corrected chi connectivity index (χ2v) is 8.35. The van der Waals surface area contributed by atoms with Gasteiger partial charge in [-0.25, -0.2) is 4.98 Å². The Morgan fingerprint density at radius 2 is 1.96 bits per heavy atom. The summed E-state index contributed by atoms with van der Waals surface area (Å²) in [6.07, 6.45) is 4.03. The van der Waals surface area contributed by atoms with E-state index in [-0.39, 0.29) is 11.3 Å². The van der Waals surface area contributed by atoms with Gasteiger partial charge in [0.1, 0.15) is 5.69 Å². The highest BCUT2D eigenvalue weighted by Crippen LogP contribution is 2.31. The zero-order valence-electron chi connectivity index (χ0n) is 16.2. The molecular weight excluding hydrogens is 322 g/mol. The van der Waals surface area contributed by atoms with Gasteiger partial charge in [0.2, 0.25) is 0 Å². The predicted octanol–water partition coefficient (Wildman–Crippen LogP) is 4.99. The van der Waals surface area contributed by atoms with Crippen LogP contribution in [0.3, 0.4) is 0 Å². The second kappa shape index (κ2) is 7.48. The maximum atomic E-state index is 12.6. The summed E-state index contributed by atoms with van der Waals surface area (Å²) in [5.41, 5.74) is 3.80. The molecule has 1 amide bonds. The fourth-order valence-electron chi connectivity index (χ4n) is 3.53. The van der Waals surface area contributed by atoms with Crippen molar-refractivity contribution in [3.63, 3.8) is 0 Å². The average molecular weight is 351 g/mol. The Morgan fingerprint density at radius 1 is 1.19 bits per heavy atom. The lowest BCUT2D eigenvalue weighted by molar-refractivity contribution is 0.0677. The van der Waals surface area contributed by atoms with Crippen molar-refractivity contribution in [3.8, 4) is 0 Å². The number of rotatable bonds is 3. The number of para-hydroxylation sites is 1. The first-order chi connectivity index (χ1) is 12.3. The van der Waals surface area contributed by atoms with Crippen LogP contribution >= 0.6 is 0 Å². The Labute approximate surface area is 156 Å². The van der Waals surface area contributed by atoms with Crippen LogP contribution in [0.5, 0.6) is 0 Å². The average Bonchev–Trinajstić information content (AvgIpc) is 2.61. The number of hydrogen-bond donors (Lipinski definition) is 1. The molecule has 4 nitrogen and oxygen atoms in total. The molecule has 1 aromatic heterocycles. The smallest absolute Gasteiger partial charge is 0.272 e. The number of piperidine rings is 1. The second-order valence-electron chi connectivity index (χ2n) is 8.35. The summed E-state index contributed by atoms with van der Waals surface area (Å²) in [5.74, 6) is 0.612. The van der Waals surface area contributed by atoms with Gasteiger partial charge in [0, 0.05) is 18.8 Å². The first-order valence-corrected chi connectivity index (χ1v) is 9.46. The molecule has 4 heteroatoms. The van der Waals surface area contributed by atoms with Gasteiger partial charge in [0.05, 0.1) is 11.9 Å². The van der Waals surface area contributed by atoms with Gasteiger partial charge in [-0.2, -0.15) is 0 Å². The van der Waals surface area contributed by atoms with Crippen LogP contribution in [0.4, 0.5) is 11.4 Å². The van der Waals surface area contributed by atoms with Crippen LogP contribution in [-0.2, 0) is 5.41 Å². The van der Waals surface area contributed by atoms with Crippen LogP contribution < -0.4 is 5.32 Å². The van der Waals surface area contributed by atoms with E-state index in [9.17, 15) is 4.79 Å². The third kappa shape index (κ3) is 4.24. The molecule has 2 heterocycles. The molecule has 0 aliphatic carbocycles. The quantitative estimate of drug-likeness (QED) is 0.847. The number of hydrogen-bond acceptors (Lipinski definition) is 3. The molecule has 1 aromatic carbocycles. The minimum atomic E-state index is 0.0400. The molecule has 26 heavy (non-hydrogen) atoms. The molecule has 1 N–H and O–H groups in total. The Balaban J connectivity index is 1.74. The first kappa shape index (κ1) is 18.4. The summed E-state index contributed by atoms with van der Waals surface area (Å²) < 4.78 is 0. The first-order valence-electron chi connectivity index (χ1n) is 9.46. The molecule has 1 unspecified atom stereocenters. The van der Waals surface area contributed by atoms with Crippen molar-refractivity contribution in [3.05, 3.63) is 53.9 Å². The van der Waals surface area contributed by atoms with Crippen molar-refractivity contribution < 1.29 is 4.79 Å². The molecule has 2 aromatic rings. The maximum absolute atomic E-state index is 12.6. The SMILES string of the molecule is CC1CCCN(C(=O)c2ccc(Nc3ccccc3C(C)(C)C)cn2)C1. The van der Waals surface area contributed by atoms with Crippen LogP contribution in [0.25, 0.3) is 0 Å². The highest BCUT2D eigenvalue weighted by molar-refractivity contribution is 5.92. The summed E-state index contributed by atoms with van der Waals surface area (Å²) >= 11 is 0. The fraction of sp³-hybridized carbons (Fsp3) is 0.455. The summed E-state index contributed by atoms with van der Waals surface area (Å²) in [7, 11) is 0. The van der Waals surface area contributed by atoms with E-state index in [0.717, 1.165) is 30.9 Å². The number of pyridine rings is 1. The minimum Gasteiger partial charge on any atom is -0.354 e. The largest absolute Gasteiger partial charge is 0.354 e. The van der Waals surface area contributed by atoms with E-state index < -0.39 is 0 Å². The van der Waals surface area contributed by atoms with Crippen LogP contribution in [0, 0.1) is 5.92 Å². The minimum absolute atomic E-state index is 0.0400. The van der Waals surface area contributed by atoms with Crippen molar-refractivity contribution in [2.75, 3.05) is 18.4 Å². The number of likely N-dealkylation sites (tertiary alicyclic amines) is 1. The number of aromatic nitrogens is 1. The summed E-state index contributed by atoms with van der Waals surface area (Å²) in [5, 5.41) is 3.44. The van der Waals surface area contributed by atoms with Gasteiger partial charge in [0.25, 0.3) is 5.91 Å². The molecule has 0 bridgehead atoms. The molecule has 1 saturated heterocycles. The molecule has 1 fully saturated rings. The van der Waals surface area contributed by atoms with E-state index in [2.05, 4.69) is 56.2 Å². The van der Waals surface area contributed by atoms with Crippen LogP contribution in [-0.4, -0.2) is 28.9 Å². The molecule has 0 saturated carbocycles. The van der Waals surface area contributed by atoms with Crippen LogP contribution in [0.2, 0.25) is 0 Å². The van der Waals surface area contributed by atoms with Gasteiger partial charge in [0.15, 0.2) is 0 Å².